The summed E-state index contributed by atoms with van der Waals surface area (Å²) in [4.78, 5) is 28.4. The molecule has 0 bridgehead atoms. The van der Waals surface area contributed by atoms with Gasteiger partial charge in [-0.1, -0.05) is 112 Å². The Kier molecular flexibility index (Phi) is 10.9. The maximum Gasteiger partial charge on any atom is 0.455 e. The molecule has 268 valence electrons. The van der Waals surface area contributed by atoms with Gasteiger partial charge in [-0.15, -0.1) is 0 Å². The SMILES string of the molecule is CCC/C(=C\c1ccc(O)c(F)c1)CC[C@H]1OB(O)C[C@H]2C1=C(CO[Si](c1ccccc1)(c1ccccc1)C(C)(C)C)C[C@H]1C(=O)N(C)C(=O)[C@H]12. The number of hydrogen-bond acceptors (Lipinski definition) is 6. The minimum atomic E-state index is -2.95. The highest BCUT2D eigenvalue weighted by Crippen LogP contribution is 2.51. The van der Waals surface area contributed by atoms with Crippen molar-refractivity contribution in [3.8, 4) is 5.75 Å². The molecule has 2 fully saturated rings. The Morgan fingerprint density at radius 2 is 1.65 bits per heavy atom. The van der Waals surface area contributed by atoms with Crippen LogP contribution in [-0.2, 0) is 18.7 Å². The zero-order valence-corrected chi connectivity index (χ0v) is 31.3. The van der Waals surface area contributed by atoms with E-state index in [4.69, 9.17) is 9.08 Å². The molecule has 1 aliphatic carbocycles. The molecule has 0 spiro atoms. The molecule has 3 aromatic rings. The molecule has 6 rings (SSSR count). The number of benzene rings is 3. The van der Waals surface area contributed by atoms with E-state index in [9.17, 15) is 24.1 Å². The number of hydrogen-bond donors (Lipinski definition) is 2. The van der Waals surface area contributed by atoms with Gasteiger partial charge in [0.15, 0.2) is 11.6 Å². The number of rotatable bonds is 11. The van der Waals surface area contributed by atoms with E-state index in [-0.39, 0.29) is 41.4 Å². The molecule has 0 aromatic heterocycles. The van der Waals surface area contributed by atoms with Crippen molar-refractivity contribution < 1.29 is 33.2 Å². The fourth-order valence-electron chi connectivity index (χ4n) is 8.77. The van der Waals surface area contributed by atoms with Crippen molar-refractivity contribution in [1.29, 1.82) is 0 Å². The highest BCUT2D eigenvalue weighted by atomic mass is 28.4. The monoisotopic (exact) mass is 709 g/mol. The van der Waals surface area contributed by atoms with Gasteiger partial charge in [-0.3, -0.25) is 14.5 Å². The number of likely N-dealkylation sites (tertiary alicyclic amines) is 1. The van der Waals surface area contributed by atoms with E-state index >= 15 is 0 Å². The Labute approximate surface area is 302 Å². The Morgan fingerprint density at radius 3 is 2.24 bits per heavy atom. The van der Waals surface area contributed by atoms with Gasteiger partial charge in [-0.2, -0.15) is 0 Å². The number of fused-ring (bicyclic) bond motifs is 3. The van der Waals surface area contributed by atoms with Crippen LogP contribution in [0.4, 0.5) is 4.39 Å². The first-order chi connectivity index (χ1) is 24.4. The minimum absolute atomic E-state index is 0.182. The summed E-state index contributed by atoms with van der Waals surface area (Å²) in [6.45, 7) is 9.05. The molecule has 4 atom stereocenters. The van der Waals surface area contributed by atoms with Crippen molar-refractivity contribution in [2.24, 2.45) is 17.8 Å². The van der Waals surface area contributed by atoms with Gasteiger partial charge < -0.3 is 19.2 Å². The van der Waals surface area contributed by atoms with Crippen LogP contribution in [-0.4, -0.2) is 62.0 Å². The molecule has 2 saturated heterocycles. The molecule has 3 aliphatic rings. The number of phenolic OH excluding ortho intramolecular Hbond substituents is 1. The Bertz CT molecular complexity index is 1770. The van der Waals surface area contributed by atoms with Crippen LogP contribution in [0.1, 0.15) is 65.4 Å². The van der Waals surface area contributed by atoms with Gasteiger partial charge in [-0.25, -0.2) is 4.39 Å². The quantitative estimate of drug-likeness (QED) is 0.134. The smallest absolute Gasteiger partial charge is 0.455 e. The second kappa shape index (κ2) is 15.0. The van der Waals surface area contributed by atoms with Crippen LogP contribution in [0.25, 0.3) is 6.08 Å². The summed E-state index contributed by atoms with van der Waals surface area (Å²) in [6.07, 6.45) is 4.90. The third kappa shape index (κ3) is 7.16. The largest absolute Gasteiger partial charge is 0.505 e. The molecule has 0 unspecified atom stereocenters. The molecule has 2 aliphatic heterocycles. The van der Waals surface area contributed by atoms with Crippen molar-refractivity contribution in [2.75, 3.05) is 13.7 Å². The summed E-state index contributed by atoms with van der Waals surface area (Å²) in [5.74, 6) is -2.87. The van der Waals surface area contributed by atoms with Crippen molar-refractivity contribution in [3.63, 3.8) is 0 Å². The van der Waals surface area contributed by atoms with Crippen molar-refractivity contribution in [1.82, 2.24) is 4.90 Å². The predicted molar refractivity (Wildman–Crippen MR) is 201 cm³/mol. The van der Waals surface area contributed by atoms with Gasteiger partial charge in [-0.05, 0) is 82.2 Å². The topological polar surface area (TPSA) is 96.3 Å². The number of halogens is 1. The molecule has 7 nitrogen and oxygen atoms in total. The van der Waals surface area contributed by atoms with Crippen LogP contribution in [0.5, 0.6) is 5.75 Å². The average Bonchev–Trinajstić information content (AvgIpc) is 3.32. The summed E-state index contributed by atoms with van der Waals surface area (Å²) in [5.41, 5.74) is 3.70. The molecular formula is C41H49BFNO6Si. The van der Waals surface area contributed by atoms with Crippen LogP contribution in [0.3, 0.4) is 0 Å². The first-order valence-electron chi connectivity index (χ1n) is 18.2. The molecule has 51 heavy (non-hydrogen) atoms. The lowest BCUT2D eigenvalue weighted by Gasteiger charge is -2.46. The Balaban J connectivity index is 1.41. The van der Waals surface area contributed by atoms with E-state index in [1.54, 1.807) is 13.1 Å². The maximum absolute atomic E-state index is 14.2. The fourth-order valence-corrected chi connectivity index (χ4v) is 13.3. The van der Waals surface area contributed by atoms with E-state index in [2.05, 4.69) is 76.2 Å². The minimum Gasteiger partial charge on any atom is -0.505 e. The number of carbonyl (C=O) groups excluding carboxylic acids is 2. The van der Waals surface area contributed by atoms with Gasteiger partial charge in [0.25, 0.3) is 8.32 Å². The molecule has 0 radical (unpaired) electrons. The van der Waals surface area contributed by atoms with Crippen LogP contribution >= 0.6 is 0 Å². The van der Waals surface area contributed by atoms with Crippen LogP contribution in [0.15, 0.2) is 95.6 Å². The second-order valence-electron chi connectivity index (χ2n) is 15.3. The van der Waals surface area contributed by atoms with E-state index in [1.165, 1.54) is 17.0 Å². The summed E-state index contributed by atoms with van der Waals surface area (Å²) >= 11 is 0. The zero-order valence-electron chi connectivity index (χ0n) is 30.3. The Hall–Kier alpha value is -3.83. The maximum atomic E-state index is 14.2. The van der Waals surface area contributed by atoms with E-state index in [1.807, 2.05) is 18.2 Å². The van der Waals surface area contributed by atoms with Gasteiger partial charge in [0, 0.05) is 7.05 Å². The molecule has 10 heteroatoms. The molecular weight excluding hydrogens is 660 g/mol. The Morgan fingerprint density at radius 1 is 1.00 bits per heavy atom. The third-order valence-electron chi connectivity index (χ3n) is 11.0. The van der Waals surface area contributed by atoms with Crippen LogP contribution in [0.2, 0.25) is 11.4 Å². The zero-order chi connectivity index (χ0) is 36.5. The summed E-state index contributed by atoms with van der Waals surface area (Å²) in [5, 5.41) is 22.9. The first kappa shape index (κ1) is 36.9. The molecule has 0 saturated carbocycles. The highest BCUT2D eigenvalue weighted by molar-refractivity contribution is 6.99. The normalized spacial score (nSPS) is 22.8. The van der Waals surface area contributed by atoms with Gasteiger partial charge in [0.2, 0.25) is 11.8 Å². The summed E-state index contributed by atoms with van der Waals surface area (Å²) in [6, 6.07) is 25.2. The van der Waals surface area contributed by atoms with E-state index < -0.39 is 39.2 Å². The summed E-state index contributed by atoms with van der Waals surface area (Å²) in [7, 11) is -2.47. The van der Waals surface area contributed by atoms with Crippen molar-refractivity contribution in [2.45, 2.75) is 77.3 Å². The number of allylic oxidation sites excluding steroid dienone is 1. The van der Waals surface area contributed by atoms with Gasteiger partial charge in [0.05, 0.1) is 24.5 Å². The predicted octanol–water partition coefficient (Wildman–Crippen LogP) is 6.50. The third-order valence-corrected chi connectivity index (χ3v) is 16.0. The number of phenols is 1. The lowest BCUT2D eigenvalue weighted by Crippen LogP contribution is -2.66. The second-order valence-corrected chi connectivity index (χ2v) is 19.6. The molecule has 2 amide bonds. The number of amides is 2. The van der Waals surface area contributed by atoms with Crippen LogP contribution in [0, 0.1) is 23.6 Å². The van der Waals surface area contributed by atoms with Crippen molar-refractivity contribution >= 4 is 43.7 Å². The molecule has 3 aromatic carbocycles. The molecule has 2 heterocycles. The van der Waals surface area contributed by atoms with E-state index in [0.29, 0.717) is 24.8 Å². The first-order valence-corrected chi connectivity index (χ1v) is 20.1. The van der Waals surface area contributed by atoms with Gasteiger partial charge >= 0.3 is 7.12 Å². The number of imide groups is 1. The number of carbonyl (C=O) groups is 2. The lowest BCUT2D eigenvalue weighted by atomic mass is 9.58. The molecule has 2 N–H and O–H groups in total. The van der Waals surface area contributed by atoms with Crippen LogP contribution < -0.4 is 10.4 Å². The average molecular weight is 710 g/mol. The fraction of sp³-hybridized carbons (Fsp3) is 0.415. The van der Waals surface area contributed by atoms with Gasteiger partial charge in [0.1, 0.15) is 0 Å². The number of nitrogens with zero attached hydrogens (tertiary/aromatic N) is 1. The van der Waals surface area contributed by atoms with Crippen molar-refractivity contribution in [3.05, 3.63) is 107 Å². The van der Waals surface area contributed by atoms with E-state index in [0.717, 1.165) is 39.9 Å². The summed E-state index contributed by atoms with van der Waals surface area (Å²) < 4.78 is 28.0. The number of aromatic hydroxyl groups is 1. The highest BCUT2D eigenvalue weighted by Gasteiger charge is 2.57. The lowest BCUT2D eigenvalue weighted by molar-refractivity contribution is -0.138. The standard InChI is InChI=1S/C41H49BFNO6Si/c1-6-13-27(22-28-18-20-35(45)34(43)23-28)19-21-36-37-29(24-32-38(33(37)25-42(48)50-36)40(47)44(5)39(32)46)26-49-51(41(2,3)4,30-14-9-7-10-15-30)31-16-11-8-12-17-31/h7-12,14-18,20,22-23,32-33,36,38,45,48H,6,13,19,21,24-26H2,1-5H3/b27-22+/t32-,33+,36-,38-/m1/s1.